The van der Waals surface area contributed by atoms with Crippen molar-refractivity contribution < 1.29 is 0 Å². The van der Waals surface area contributed by atoms with E-state index in [0.29, 0.717) is 16.8 Å². The van der Waals surface area contributed by atoms with Crippen LogP contribution in [0.25, 0.3) is 11.3 Å². The molecule has 0 saturated carbocycles. The predicted octanol–water partition coefficient (Wildman–Crippen LogP) is 3.15. The molecule has 1 aromatic heterocycles. The van der Waals surface area contributed by atoms with Crippen molar-refractivity contribution in [3.63, 3.8) is 0 Å². The zero-order chi connectivity index (χ0) is 12.3. The first-order valence-electron chi connectivity index (χ1n) is 4.82. The van der Waals surface area contributed by atoms with Crippen molar-refractivity contribution in [3.05, 3.63) is 52.7 Å². The lowest BCUT2D eigenvalue weighted by Gasteiger charge is -2.02. The standard InChI is InChI=1S/C13H6ClN3/c14-13-11(8-16)5-6-12(17-13)10-3-1-9(7-15)2-4-10/h1-6H. The van der Waals surface area contributed by atoms with Gasteiger partial charge in [-0.25, -0.2) is 4.98 Å². The van der Waals surface area contributed by atoms with Crippen LogP contribution in [0.1, 0.15) is 11.1 Å². The van der Waals surface area contributed by atoms with Crippen LogP contribution in [-0.4, -0.2) is 4.98 Å². The molecule has 17 heavy (non-hydrogen) atoms. The first-order chi connectivity index (χ1) is 8.24. The summed E-state index contributed by atoms with van der Waals surface area (Å²) in [4.78, 5) is 4.13. The Labute approximate surface area is 104 Å². The van der Waals surface area contributed by atoms with Crippen LogP contribution >= 0.6 is 11.6 Å². The molecule has 0 aliphatic heterocycles. The number of aromatic nitrogens is 1. The molecule has 0 atom stereocenters. The van der Waals surface area contributed by atoms with Crippen LogP contribution in [-0.2, 0) is 0 Å². The van der Waals surface area contributed by atoms with Gasteiger partial charge in [0.2, 0.25) is 0 Å². The SMILES string of the molecule is N#Cc1ccc(-c2ccc(C#N)c(Cl)n2)cc1. The highest BCUT2D eigenvalue weighted by molar-refractivity contribution is 6.30. The molecule has 2 rings (SSSR count). The van der Waals surface area contributed by atoms with Gasteiger partial charge in [-0.15, -0.1) is 0 Å². The summed E-state index contributed by atoms with van der Waals surface area (Å²) < 4.78 is 0. The second-order valence-corrected chi connectivity index (χ2v) is 3.69. The van der Waals surface area contributed by atoms with Crippen LogP contribution in [0, 0.1) is 22.7 Å². The van der Waals surface area contributed by atoms with Crippen molar-refractivity contribution in [2.24, 2.45) is 0 Å². The minimum absolute atomic E-state index is 0.189. The maximum Gasteiger partial charge on any atom is 0.147 e. The highest BCUT2D eigenvalue weighted by Crippen LogP contribution is 2.21. The van der Waals surface area contributed by atoms with E-state index < -0.39 is 0 Å². The van der Waals surface area contributed by atoms with E-state index in [1.807, 2.05) is 12.1 Å². The third-order valence-corrected chi connectivity index (χ3v) is 2.57. The summed E-state index contributed by atoms with van der Waals surface area (Å²) >= 11 is 5.85. The largest absolute Gasteiger partial charge is 0.235 e. The van der Waals surface area contributed by atoms with Crippen molar-refractivity contribution in [3.8, 4) is 23.4 Å². The Morgan fingerprint density at radius 1 is 0.941 bits per heavy atom. The lowest BCUT2D eigenvalue weighted by atomic mass is 10.1. The molecular formula is C13H6ClN3. The van der Waals surface area contributed by atoms with Crippen LogP contribution in [0.3, 0.4) is 0 Å². The topological polar surface area (TPSA) is 60.5 Å². The van der Waals surface area contributed by atoms with Crippen LogP contribution in [0.4, 0.5) is 0 Å². The number of hydrogen-bond acceptors (Lipinski definition) is 3. The van der Waals surface area contributed by atoms with E-state index in [2.05, 4.69) is 4.98 Å². The molecule has 0 aliphatic carbocycles. The number of hydrogen-bond donors (Lipinski definition) is 0. The number of nitrogens with zero attached hydrogens (tertiary/aromatic N) is 3. The van der Waals surface area contributed by atoms with E-state index in [-0.39, 0.29) is 5.15 Å². The van der Waals surface area contributed by atoms with Gasteiger partial charge < -0.3 is 0 Å². The van der Waals surface area contributed by atoms with Crippen molar-refractivity contribution in [2.75, 3.05) is 0 Å². The van der Waals surface area contributed by atoms with Crippen molar-refractivity contribution in [1.29, 1.82) is 10.5 Å². The molecule has 0 radical (unpaired) electrons. The summed E-state index contributed by atoms with van der Waals surface area (Å²) in [7, 11) is 0. The van der Waals surface area contributed by atoms with Gasteiger partial charge in [-0.3, -0.25) is 0 Å². The number of rotatable bonds is 1. The van der Waals surface area contributed by atoms with Gasteiger partial charge in [0.15, 0.2) is 0 Å². The fraction of sp³-hybridized carbons (Fsp3) is 0. The molecule has 0 amide bonds. The van der Waals surface area contributed by atoms with E-state index in [1.54, 1.807) is 36.4 Å². The highest BCUT2D eigenvalue weighted by atomic mass is 35.5. The summed E-state index contributed by atoms with van der Waals surface area (Å²) in [6.45, 7) is 0. The molecule has 3 nitrogen and oxygen atoms in total. The minimum Gasteiger partial charge on any atom is -0.235 e. The lowest BCUT2D eigenvalue weighted by molar-refractivity contribution is 1.30. The molecular weight excluding hydrogens is 234 g/mol. The monoisotopic (exact) mass is 239 g/mol. The summed E-state index contributed by atoms with van der Waals surface area (Å²) in [6.07, 6.45) is 0. The lowest BCUT2D eigenvalue weighted by Crippen LogP contribution is -1.87. The van der Waals surface area contributed by atoms with Crippen molar-refractivity contribution >= 4 is 11.6 Å². The van der Waals surface area contributed by atoms with Crippen LogP contribution in [0.15, 0.2) is 36.4 Å². The molecule has 0 bridgehead atoms. The van der Waals surface area contributed by atoms with E-state index in [1.165, 1.54) is 0 Å². The maximum atomic E-state index is 8.74. The Morgan fingerprint density at radius 3 is 2.18 bits per heavy atom. The second-order valence-electron chi connectivity index (χ2n) is 3.34. The molecule has 1 heterocycles. The highest BCUT2D eigenvalue weighted by Gasteiger charge is 2.04. The molecule has 0 unspecified atom stereocenters. The van der Waals surface area contributed by atoms with Gasteiger partial charge in [0.25, 0.3) is 0 Å². The number of nitriles is 2. The fourth-order valence-corrected chi connectivity index (χ4v) is 1.59. The van der Waals surface area contributed by atoms with Gasteiger partial charge >= 0.3 is 0 Å². The molecule has 0 aliphatic rings. The molecule has 0 saturated heterocycles. The van der Waals surface area contributed by atoms with Gasteiger partial charge in [0.05, 0.1) is 22.9 Å². The Hall–Kier alpha value is -2.36. The normalized spacial score (nSPS) is 9.35. The molecule has 0 N–H and O–H groups in total. The van der Waals surface area contributed by atoms with Gasteiger partial charge in [-0.1, -0.05) is 23.7 Å². The fourth-order valence-electron chi connectivity index (χ4n) is 1.39. The Morgan fingerprint density at radius 2 is 1.65 bits per heavy atom. The van der Waals surface area contributed by atoms with E-state index in [0.717, 1.165) is 5.56 Å². The quantitative estimate of drug-likeness (QED) is 0.718. The molecule has 4 heteroatoms. The van der Waals surface area contributed by atoms with Gasteiger partial charge in [-0.05, 0) is 24.3 Å². The van der Waals surface area contributed by atoms with Gasteiger partial charge in [-0.2, -0.15) is 10.5 Å². The zero-order valence-electron chi connectivity index (χ0n) is 8.68. The van der Waals surface area contributed by atoms with Gasteiger partial charge in [0.1, 0.15) is 11.2 Å². The average Bonchev–Trinajstić information content (AvgIpc) is 2.39. The van der Waals surface area contributed by atoms with Crippen molar-refractivity contribution in [2.45, 2.75) is 0 Å². The van der Waals surface area contributed by atoms with E-state index >= 15 is 0 Å². The summed E-state index contributed by atoms with van der Waals surface area (Å²) in [5, 5.41) is 17.6. The third kappa shape index (κ3) is 2.25. The number of pyridine rings is 1. The molecule has 0 fully saturated rings. The van der Waals surface area contributed by atoms with E-state index in [4.69, 9.17) is 22.1 Å². The number of halogens is 1. The predicted molar refractivity (Wildman–Crippen MR) is 64.1 cm³/mol. The third-order valence-electron chi connectivity index (χ3n) is 2.28. The average molecular weight is 240 g/mol. The van der Waals surface area contributed by atoms with Crippen LogP contribution in [0.5, 0.6) is 0 Å². The summed E-state index contributed by atoms with van der Waals surface area (Å²) in [5.74, 6) is 0. The van der Waals surface area contributed by atoms with Crippen LogP contribution in [0.2, 0.25) is 5.15 Å². The second kappa shape index (κ2) is 4.65. The zero-order valence-corrected chi connectivity index (χ0v) is 9.44. The molecule has 2 aromatic rings. The Kier molecular flexibility index (Phi) is 3.05. The minimum atomic E-state index is 0.189. The van der Waals surface area contributed by atoms with Crippen molar-refractivity contribution in [1.82, 2.24) is 4.98 Å². The Balaban J connectivity index is 2.44. The summed E-state index contributed by atoms with van der Waals surface area (Å²) in [5.41, 5.74) is 2.48. The first-order valence-corrected chi connectivity index (χ1v) is 5.19. The molecule has 80 valence electrons. The van der Waals surface area contributed by atoms with Crippen LogP contribution < -0.4 is 0 Å². The Bertz CT molecular complexity index is 633. The van der Waals surface area contributed by atoms with E-state index in [9.17, 15) is 0 Å². The first kappa shape index (κ1) is 11.1. The van der Waals surface area contributed by atoms with Gasteiger partial charge in [0, 0.05) is 5.56 Å². The molecule has 0 spiro atoms. The summed E-state index contributed by atoms with van der Waals surface area (Å²) in [6, 6.07) is 14.4. The number of benzene rings is 1. The maximum absolute atomic E-state index is 8.74. The smallest absolute Gasteiger partial charge is 0.147 e. The molecule has 1 aromatic carbocycles.